The number of nitrogens with zero attached hydrogens (tertiary/aromatic N) is 1. The minimum absolute atomic E-state index is 0.250. The van der Waals surface area contributed by atoms with E-state index in [0.717, 1.165) is 20.8 Å². The molecule has 0 unspecified atom stereocenters. The maximum Gasteiger partial charge on any atom is 0.344 e. The van der Waals surface area contributed by atoms with E-state index in [-0.39, 0.29) is 5.88 Å². The van der Waals surface area contributed by atoms with E-state index in [9.17, 15) is 4.79 Å². The largest absolute Gasteiger partial charge is 0.440 e. The third-order valence-corrected chi connectivity index (χ3v) is 7.38. The zero-order valence-corrected chi connectivity index (χ0v) is 19.6. The average molecular weight is 467 g/mol. The van der Waals surface area contributed by atoms with Gasteiger partial charge in [-0.1, -0.05) is 62.4 Å². The standard InChI is InChI=1S/C28H22N2O3S/c1-15(2)16-11-13-17(14-12-16)22-23-25(18-7-3-5-9-20(18)32-28(23)31)33-26(29)24(22)27-30-19-8-4-6-10-21(19)34-27/h3-15,22H,29H2,1-2H3/t22-/m1/s1. The molecule has 0 bridgehead atoms. The van der Waals surface area contributed by atoms with Gasteiger partial charge in [0, 0.05) is 0 Å². The highest BCUT2D eigenvalue weighted by atomic mass is 32.1. The Balaban J connectivity index is 1.64. The summed E-state index contributed by atoms with van der Waals surface area (Å²) < 4.78 is 12.9. The lowest BCUT2D eigenvalue weighted by atomic mass is 9.82. The molecule has 0 radical (unpaired) electrons. The van der Waals surface area contributed by atoms with Gasteiger partial charge in [0.05, 0.1) is 32.7 Å². The van der Waals surface area contributed by atoms with Crippen molar-refractivity contribution in [3.63, 3.8) is 0 Å². The molecule has 0 aliphatic carbocycles. The second kappa shape index (κ2) is 7.85. The third kappa shape index (κ3) is 3.22. The van der Waals surface area contributed by atoms with Crippen LogP contribution in [-0.4, -0.2) is 4.98 Å². The van der Waals surface area contributed by atoms with Gasteiger partial charge in [-0.15, -0.1) is 11.3 Å². The summed E-state index contributed by atoms with van der Waals surface area (Å²) >= 11 is 1.54. The number of nitrogens with two attached hydrogens (primary N) is 1. The second-order valence-electron chi connectivity index (χ2n) is 8.75. The van der Waals surface area contributed by atoms with Crippen LogP contribution in [-0.2, 0) is 0 Å². The Morgan fingerprint density at radius 2 is 1.71 bits per heavy atom. The smallest absolute Gasteiger partial charge is 0.344 e. The fraction of sp³-hybridized carbons (Fsp3) is 0.143. The molecule has 168 valence electrons. The molecule has 0 spiro atoms. The molecule has 0 saturated heterocycles. The molecule has 5 nitrogen and oxygen atoms in total. The third-order valence-electron chi connectivity index (χ3n) is 6.31. The number of hydrogen-bond acceptors (Lipinski definition) is 6. The molecule has 6 rings (SSSR count). The SMILES string of the molecule is CC(C)c1ccc([C@H]2C(c3nc4ccccc4s3)=C(N)Oc3c2c(=O)oc2ccccc32)cc1. The second-order valence-corrected chi connectivity index (χ2v) is 9.78. The molecule has 34 heavy (non-hydrogen) atoms. The maximum absolute atomic E-state index is 13.4. The molecule has 1 atom stereocenters. The first-order valence-corrected chi connectivity index (χ1v) is 12.0. The van der Waals surface area contributed by atoms with Crippen LogP contribution < -0.4 is 16.1 Å². The molecule has 1 aliphatic rings. The first-order valence-electron chi connectivity index (χ1n) is 11.2. The van der Waals surface area contributed by atoms with Crippen molar-refractivity contribution in [2.24, 2.45) is 5.73 Å². The average Bonchev–Trinajstić information content (AvgIpc) is 3.27. The Morgan fingerprint density at radius 3 is 2.47 bits per heavy atom. The van der Waals surface area contributed by atoms with Crippen molar-refractivity contribution in [2.75, 3.05) is 0 Å². The van der Waals surface area contributed by atoms with Crippen LogP contribution in [0.25, 0.3) is 26.8 Å². The van der Waals surface area contributed by atoms with E-state index in [1.165, 1.54) is 16.9 Å². The number of allylic oxidation sites excluding steroid dienone is 1. The molecule has 1 aliphatic heterocycles. The molecular formula is C28H22N2O3S. The lowest BCUT2D eigenvalue weighted by molar-refractivity contribution is 0.399. The summed E-state index contributed by atoms with van der Waals surface area (Å²) in [5.74, 6) is 0.633. The monoisotopic (exact) mass is 466 g/mol. The van der Waals surface area contributed by atoms with Crippen LogP contribution in [0, 0.1) is 0 Å². The number of hydrogen-bond donors (Lipinski definition) is 1. The van der Waals surface area contributed by atoms with Crippen LogP contribution in [0.1, 0.15) is 47.4 Å². The zero-order chi connectivity index (χ0) is 23.4. The van der Waals surface area contributed by atoms with Gasteiger partial charge in [0.25, 0.3) is 0 Å². The van der Waals surface area contributed by atoms with E-state index in [2.05, 4.69) is 38.1 Å². The molecule has 0 amide bonds. The van der Waals surface area contributed by atoms with Crippen molar-refractivity contribution in [2.45, 2.75) is 25.7 Å². The fourth-order valence-corrected chi connectivity index (χ4v) is 5.61. The Bertz CT molecular complexity index is 1610. The van der Waals surface area contributed by atoms with Crippen molar-refractivity contribution in [1.82, 2.24) is 4.98 Å². The Hall–Kier alpha value is -3.90. The highest BCUT2D eigenvalue weighted by molar-refractivity contribution is 7.19. The predicted molar refractivity (Wildman–Crippen MR) is 136 cm³/mol. The van der Waals surface area contributed by atoms with Crippen molar-refractivity contribution >= 4 is 38.1 Å². The van der Waals surface area contributed by atoms with E-state index >= 15 is 0 Å². The summed E-state index contributed by atoms with van der Waals surface area (Å²) in [6.45, 7) is 4.31. The number of fused-ring (bicyclic) bond motifs is 4. The molecule has 0 saturated carbocycles. The summed E-state index contributed by atoms with van der Waals surface area (Å²) in [5, 5.41) is 1.45. The predicted octanol–water partition coefficient (Wildman–Crippen LogP) is 6.38. The number of ether oxygens (including phenoxy) is 1. The lowest BCUT2D eigenvalue weighted by Crippen LogP contribution is -2.26. The summed E-state index contributed by atoms with van der Waals surface area (Å²) in [6.07, 6.45) is 0. The van der Waals surface area contributed by atoms with Crippen molar-refractivity contribution < 1.29 is 9.15 Å². The van der Waals surface area contributed by atoms with Crippen LogP contribution in [0.3, 0.4) is 0 Å². The first-order chi connectivity index (χ1) is 16.5. The van der Waals surface area contributed by atoms with Gasteiger partial charge < -0.3 is 14.9 Å². The van der Waals surface area contributed by atoms with Gasteiger partial charge in [0.2, 0.25) is 0 Å². The van der Waals surface area contributed by atoms with E-state index in [0.29, 0.717) is 33.8 Å². The maximum atomic E-state index is 13.4. The van der Waals surface area contributed by atoms with Gasteiger partial charge >= 0.3 is 5.63 Å². The van der Waals surface area contributed by atoms with E-state index in [1.807, 2.05) is 42.5 Å². The van der Waals surface area contributed by atoms with Crippen LogP contribution in [0.5, 0.6) is 5.75 Å². The normalized spacial score (nSPS) is 15.7. The summed E-state index contributed by atoms with van der Waals surface area (Å²) in [5.41, 5.74) is 10.8. The molecule has 6 heteroatoms. The number of para-hydroxylation sites is 2. The van der Waals surface area contributed by atoms with Crippen molar-refractivity contribution in [3.8, 4) is 5.75 Å². The number of thiazole rings is 1. The van der Waals surface area contributed by atoms with Crippen LogP contribution in [0.15, 0.2) is 87.9 Å². The summed E-state index contributed by atoms with van der Waals surface area (Å²) in [4.78, 5) is 18.2. The Kier molecular flexibility index (Phi) is 4.78. The Labute approximate surface area is 200 Å². The summed E-state index contributed by atoms with van der Waals surface area (Å²) in [6, 6.07) is 23.6. The van der Waals surface area contributed by atoms with Crippen molar-refractivity contribution in [1.29, 1.82) is 0 Å². The highest BCUT2D eigenvalue weighted by Crippen LogP contribution is 2.48. The van der Waals surface area contributed by atoms with Crippen LogP contribution in [0.2, 0.25) is 0 Å². The molecule has 0 fully saturated rings. The minimum Gasteiger partial charge on any atom is -0.440 e. The fourth-order valence-electron chi connectivity index (χ4n) is 4.57. The number of aromatic nitrogens is 1. The lowest BCUT2D eigenvalue weighted by Gasteiger charge is -2.28. The Morgan fingerprint density at radius 1 is 0.971 bits per heavy atom. The molecule has 2 aromatic heterocycles. The van der Waals surface area contributed by atoms with Gasteiger partial charge in [0.15, 0.2) is 11.6 Å². The van der Waals surface area contributed by atoms with Gasteiger partial charge in [-0.05, 0) is 41.3 Å². The minimum atomic E-state index is -0.466. The van der Waals surface area contributed by atoms with E-state index in [4.69, 9.17) is 19.9 Å². The number of rotatable bonds is 3. The van der Waals surface area contributed by atoms with Gasteiger partial charge in [-0.25, -0.2) is 9.78 Å². The topological polar surface area (TPSA) is 78.4 Å². The van der Waals surface area contributed by atoms with Gasteiger partial charge in [-0.2, -0.15) is 0 Å². The van der Waals surface area contributed by atoms with E-state index in [1.54, 1.807) is 6.07 Å². The first kappa shape index (κ1) is 20.7. The zero-order valence-electron chi connectivity index (χ0n) is 18.7. The summed E-state index contributed by atoms with van der Waals surface area (Å²) in [7, 11) is 0. The molecular weight excluding hydrogens is 444 g/mol. The molecule has 2 N–H and O–H groups in total. The van der Waals surface area contributed by atoms with E-state index < -0.39 is 11.5 Å². The quantitative estimate of drug-likeness (QED) is 0.312. The molecule has 3 aromatic carbocycles. The number of benzene rings is 3. The molecule has 5 aromatic rings. The van der Waals surface area contributed by atoms with Gasteiger partial charge in [0.1, 0.15) is 10.6 Å². The molecule has 3 heterocycles. The van der Waals surface area contributed by atoms with Crippen LogP contribution in [0.4, 0.5) is 0 Å². The highest BCUT2D eigenvalue weighted by Gasteiger charge is 2.37. The van der Waals surface area contributed by atoms with Crippen molar-refractivity contribution in [3.05, 3.63) is 111 Å². The van der Waals surface area contributed by atoms with Crippen LogP contribution >= 0.6 is 11.3 Å². The van der Waals surface area contributed by atoms with Gasteiger partial charge in [-0.3, -0.25) is 0 Å².